The average molecular weight is 176 g/mol. The maximum Gasteiger partial charge on any atom is 0.156 e. The van der Waals surface area contributed by atoms with E-state index in [0.29, 0.717) is 6.42 Å². The molecule has 0 N–H and O–H groups in total. The van der Waals surface area contributed by atoms with Gasteiger partial charge < -0.3 is 0 Å². The van der Waals surface area contributed by atoms with Gasteiger partial charge in [0.2, 0.25) is 0 Å². The van der Waals surface area contributed by atoms with Crippen molar-refractivity contribution < 1.29 is 4.79 Å². The maximum atomic E-state index is 11.1. The van der Waals surface area contributed by atoms with Crippen molar-refractivity contribution in [2.24, 2.45) is 5.41 Å². The normalized spacial score (nSPS) is 17.5. The minimum atomic E-state index is 0.0291. The van der Waals surface area contributed by atoms with Crippen molar-refractivity contribution in [3.05, 3.63) is 11.6 Å². The average Bonchev–Trinajstić information content (AvgIpc) is 2.00. The summed E-state index contributed by atoms with van der Waals surface area (Å²) in [7, 11) is 0. The van der Waals surface area contributed by atoms with Crippen LogP contribution in [0, 0.1) is 17.3 Å². The number of carbonyl (C=O) groups excluding carboxylic acids is 1. The first-order valence-electron chi connectivity index (χ1n) is 4.74. The minimum Gasteiger partial charge on any atom is -0.295 e. The Morgan fingerprint density at radius 1 is 1.31 bits per heavy atom. The monoisotopic (exact) mass is 176 g/mol. The van der Waals surface area contributed by atoms with Crippen LogP contribution in [-0.2, 0) is 4.79 Å². The number of ketones is 1. The highest BCUT2D eigenvalue weighted by molar-refractivity contribution is 5.91. The molecule has 0 heterocycles. The zero-order valence-corrected chi connectivity index (χ0v) is 8.61. The predicted molar refractivity (Wildman–Crippen MR) is 54.2 cm³/mol. The Balaban J connectivity index is 2.72. The third kappa shape index (κ3) is 3.94. The first-order chi connectivity index (χ1) is 5.97. The Bertz CT molecular complexity index is 291. The van der Waals surface area contributed by atoms with E-state index in [1.54, 1.807) is 6.08 Å². The summed E-state index contributed by atoms with van der Waals surface area (Å²) in [6, 6.07) is 0. The van der Waals surface area contributed by atoms with Crippen molar-refractivity contribution in [1.82, 2.24) is 0 Å². The lowest BCUT2D eigenvalue weighted by molar-refractivity contribution is -0.115. The van der Waals surface area contributed by atoms with E-state index in [-0.39, 0.29) is 11.2 Å². The number of rotatable bonds is 0. The standard InChI is InChI=1S/C12H16O/c1-12(2,3)8-7-10-5-4-6-11(13)9-10/h9H,4-6H2,1-3H3. The second-order valence-electron chi connectivity index (χ2n) is 4.49. The molecule has 0 radical (unpaired) electrons. The molecule has 13 heavy (non-hydrogen) atoms. The van der Waals surface area contributed by atoms with Gasteiger partial charge in [-0.2, -0.15) is 0 Å². The molecule has 0 fully saturated rings. The van der Waals surface area contributed by atoms with E-state index in [9.17, 15) is 4.79 Å². The lowest BCUT2D eigenvalue weighted by Gasteiger charge is -2.09. The Labute approximate surface area is 80.2 Å². The zero-order valence-electron chi connectivity index (χ0n) is 8.61. The fraction of sp³-hybridized carbons (Fsp3) is 0.583. The van der Waals surface area contributed by atoms with Crippen LogP contribution in [0.5, 0.6) is 0 Å². The molecule has 0 aromatic rings. The maximum absolute atomic E-state index is 11.1. The van der Waals surface area contributed by atoms with Crippen LogP contribution >= 0.6 is 0 Å². The van der Waals surface area contributed by atoms with E-state index in [1.165, 1.54) is 0 Å². The Kier molecular flexibility index (Phi) is 2.93. The Morgan fingerprint density at radius 2 is 2.00 bits per heavy atom. The van der Waals surface area contributed by atoms with Crippen molar-refractivity contribution in [3.8, 4) is 11.8 Å². The van der Waals surface area contributed by atoms with Crippen LogP contribution in [0.2, 0.25) is 0 Å². The van der Waals surface area contributed by atoms with Crippen molar-refractivity contribution in [2.75, 3.05) is 0 Å². The molecule has 0 aliphatic heterocycles. The minimum absolute atomic E-state index is 0.0291. The van der Waals surface area contributed by atoms with Gasteiger partial charge in [0, 0.05) is 17.4 Å². The van der Waals surface area contributed by atoms with Gasteiger partial charge in [-0.3, -0.25) is 4.79 Å². The molecular formula is C12H16O. The van der Waals surface area contributed by atoms with E-state index < -0.39 is 0 Å². The highest BCUT2D eigenvalue weighted by Gasteiger charge is 2.09. The van der Waals surface area contributed by atoms with Gasteiger partial charge in [-0.25, -0.2) is 0 Å². The fourth-order valence-electron chi connectivity index (χ4n) is 1.16. The van der Waals surface area contributed by atoms with Gasteiger partial charge in [-0.1, -0.05) is 11.8 Å². The molecule has 0 saturated carbocycles. The van der Waals surface area contributed by atoms with E-state index in [0.717, 1.165) is 18.4 Å². The summed E-state index contributed by atoms with van der Waals surface area (Å²) in [6.45, 7) is 6.22. The van der Waals surface area contributed by atoms with E-state index >= 15 is 0 Å². The van der Waals surface area contributed by atoms with Gasteiger partial charge in [-0.15, -0.1) is 0 Å². The van der Waals surface area contributed by atoms with Crippen LogP contribution in [-0.4, -0.2) is 5.78 Å². The molecule has 0 spiro atoms. The van der Waals surface area contributed by atoms with Crippen molar-refractivity contribution in [1.29, 1.82) is 0 Å². The molecule has 0 aromatic heterocycles. The molecule has 1 heteroatoms. The van der Waals surface area contributed by atoms with Crippen LogP contribution in [0.4, 0.5) is 0 Å². The van der Waals surface area contributed by atoms with Crippen molar-refractivity contribution in [3.63, 3.8) is 0 Å². The zero-order chi connectivity index (χ0) is 9.90. The van der Waals surface area contributed by atoms with Crippen molar-refractivity contribution in [2.45, 2.75) is 40.0 Å². The van der Waals surface area contributed by atoms with E-state index in [2.05, 4.69) is 32.6 Å². The van der Waals surface area contributed by atoms with Gasteiger partial charge in [0.05, 0.1) is 0 Å². The number of hydrogen-bond acceptors (Lipinski definition) is 1. The number of carbonyl (C=O) groups is 1. The van der Waals surface area contributed by atoms with Crippen molar-refractivity contribution >= 4 is 5.78 Å². The lowest BCUT2D eigenvalue weighted by atomic mass is 9.94. The summed E-state index contributed by atoms with van der Waals surface area (Å²) in [5.41, 5.74) is 1.03. The smallest absolute Gasteiger partial charge is 0.156 e. The second-order valence-corrected chi connectivity index (χ2v) is 4.49. The van der Waals surface area contributed by atoms with Crippen LogP contribution in [0.25, 0.3) is 0 Å². The third-order valence-corrected chi connectivity index (χ3v) is 1.80. The molecule has 1 nitrogen and oxygen atoms in total. The summed E-state index contributed by atoms with van der Waals surface area (Å²) in [4.78, 5) is 11.1. The third-order valence-electron chi connectivity index (χ3n) is 1.80. The van der Waals surface area contributed by atoms with Gasteiger partial charge in [0.15, 0.2) is 5.78 Å². The van der Waals surface area contributed by atoms with Gasteiger partial charge in [-0.05, 0) is 39.7 Å². The fourth-order valence-corrected chi connectivity index (χ4v) is 1.16. The second kappa shape index (κ2) is 3.79. The largest absolute Gasteiger partial charge is 0.295 e. The highest BCUT2D eigenvalue weighted by Crippen LogP contribution is 2.16. The summed E-state index contributed by atoms with van der Waals surface area (Å²) in [6.07, 6.45) is 4.32. The molecule has 1 rings (SSSR count). The molecule has 0 atom stereocenters. The first-order valence-corrected chi connectivity index (χ1v) is 4.74. The molecule has 70 valence electrons. The SMILES string of the molecule is CC(C)(C)C#CC1=CC(=O)CCC1. The number of hydrogen-bond donors (Lipinski definition) is 0. The summed E-state index contributed by atoms with van der Waals surface area (Å²) >= 11 is 0. The van der Waals surface area contributed by atoms with Crippen LogP contribution in [0.1, 0.15) is 40.0 Å². The highest BCUT2D eigenvalue weighted by atomic mass is 16.1. The molecular weight excluding hydrogens is 160 g/mol. The quantitative estimate of drug-likeness (QED) is 0.519. The molecule has 0 amide bonds. The van der Waals surface area contributed by atoms with E-state index in [4.69, 9.17) is 0 Å². The molecule has 1 aliphatic rings. The first kappa shape index (κ1) is 10.1. The van der Waals surface area contributed by atoms with Crippen LogP contribution in [0.3, 0.4) is 0 Å². The molecule has 0 saturated heterocycles. The molecule has 1 aliphatic carbocycles. The molecule has 0 aromatic carbocycles. The van der Waals surface area contributed by atoms with Crippen LogP contribution in [0.15, 0.2) is 11.6 Å². The summed E-state index contributed by atoms with van der Waals surface area (Å²) in [5, 5.41) is 0. The molecule has 0 unspecified atom stereocenters. The predicted octanol–water partition coefficient (Wildman–Crippen LogP) is 2.72. The van der Waals surface area contributed by atoms with Gasteiger partial charge in [0.25, 0.3) is 0 Å². The van der Waals surface area contributed by atoms with Crippen LogP contribution < -0.4 is 0 Å². The topological polar surface area (TPSA) is 17.1 Å². The number of allylic oxidation sites excluding steroid dienone is 2. The Hall–Kier alpha value is -1.03. The summed E-state index contributed by atoms with van der Waals surface area (Å²) < 4.78 is 0. The molecule has 0 bridgehead atoms. The lowest BCUT2D eigenvalue weighted by Crippen LogP contribution is -2.03. The summed E-state index contributed by atoms with van der Waals surface area (Å²) in [5.74, 6) is 6.45. The van der Waals surface area contributed by atoms with Gasteiger partial charge >= 0.3 is 0 Å². The van der Waals surface area contributed by atoms with E-state index in [1.807, 2.05) is 0 Å². The Morgan fingerprint density at radius 3 is 2.54 bits per heavy atom. The van der Waals surface area contributed by atoms with Gasteiger partial charge in [0.1, 0.15) is 0 Å².